The Balaban J connectivity index is 2.50. The molecule has 0 spiro atoms. The molecular weight excluding hydrogens is 389 g/mol. The molecule has 20 heavy (non-hydrogen) atoms. The van der Waals surface area contributed by atoms with Gasteiger partial charge in [0.05, 0.1) is 15.7 Å². The normalized spacial score (nSPS) is 11.3. The summed E-state index contributed by atoms with van der Waals surface area (Å²) in [7, 11) is -4.01. The van der Waals surface area contributed by atoms with Gasteiger partial charge in [-0.15, -0.1) is 0 Å². The highest BCUT2D eigenvalue weighted by Gasteiger charge is 2.23. The predicted octanol–water partition coefficient (Wildman–Crippen LogP) is 4.26. The number of phenols is 1. The van der Waals surface area contributed by atoms with Crippen LogP contribution in [0.1, 0.15) is 0 Å². The van der Waals surface area contributed by atoms with Crippen LogP contribution in [-0.4, -0.2) is 13.5 Å². The highest BCUT2D eigenvalue weighted by atomic mass is 79.9. The summed E-state index contributed by atoms with van der Waals surface area (Å²) in [6.45, 7) is 0. The van der Waals surface area contributed by atoms with Gasteiger partial charge >= 0.3 is 0 Å². The van der Waals surface area contributed by atoms with E-state index in [2.05, 4.69) is 20.7 Å². The average molecular weight is 397 g/mol. The van der Waals surface area contributed by atoms with Gasteiger partial charge in [0.15, 0.2) is 0 Å². The maximum absolute atomic E-state index is 12.3. The quantitative estimate of drug-likeness (QED) is 0.761. The number of sulfonamides is 1. The molecule has 0 saturated heterocycles. The molecular formula is C12H8BrCl2NO3S. The van der Waals surface area contributed by atoms with E-state index >= 15 is 0 Å². The maximum Gasteiger partial charge on any atom is 0.265 e. The van der Waals surface area contributed by atoms with Gasteiger partial charge in [0, 0.05) is 4.47 Å². The highest BCUT2D eigenvalue weighted by Crippen LogP contribution is 2.35. The van der Waals surface area contributed by atoms with Gasteiger partial charge < -0.3 is 5.11 Å². The zero-order valence-electron chi connectivity index (χ0n) is 9.77. The third kappa shape index (κ3) is 3.20. The van der Waals surface area contributed by atoms with Gasteiger partial charge in [0.2, 0.25) is 0 Å². The Hall–Kier alpha value is -0.950. The first-order chi connectivity index (χ1) is 9.31. The van der Waals surface area contributed by atoms with Crippen molar-refractivity contribution in [1.82, 2.24) is 0 Å². The Bertz CT molecular complexity index is 742. The molecule has 0 atom stereocenters. The molecule has 4 nitrogen and oxygen atoms in total. The number of halogens is 3. The molecule has 2 aromatic rings. The second-order valence-electron chi connectivity index (χ2n) is 3.82. The van der Waals surface area contributed by atoms with E-state index in [1.807, 2.05) is 0 Å². The molecule has 0 radical (unpaired) electrons. The smallest absolute Gasteiger partial charge is 0.265 e. The van der Waals surface area contributed by atoms with Gasteiger partial charge in [-0.1, -0.05) is 51.3 Å². The van der Waals surface area contributed by atoms with E-state index in [0.29, 0.717) is 4.47 Å². The van der Waals surface area contributed by atoms with E-state index in [1.54, 1.807) is 12.1 Å². The van der Waals surface area contributed by atoms with Crippen LogP contribution in [0.5, 0.6) is 5.75 Å². The van der Waals surface area contributed by atoms with Crippen LogP contribution in [0, 0.1) is 0 Å². The highest BCUT2D eigenvalue weighted by molar-refractivity contribution is 9.10. The van der Waals surface area contributed by atoms with E-state index in [9.17, 15) is 13.5 Å². The number of benzene rings is 2. The van der Waals surface area contributed by atoms with Crippen molar-refractivity contribution in [1.29, 1.82) is 0 Å². The number of rotatable bonds is 3. The Labute approximate surface area is 134 Å². The van der Waals surface area contributed by atoms with Gasteiger partial charge in [-0.25, -0.2) is 8.42 Å². The van der Waals surface area contributed by atoms with Crippen LogP contribution in [0.4, 0.5) is 5.69 Å². The van der Waals surface area contributed by atoms with Crippen LogP contribution in [0.3, 0.4) is 0 Å². The second kappa shape index (κ2) is 5.81. The number of para-hydroxylation sites is 2. The minimum absolute atomic E-state index is 0.0210. The number of anilines is 1. The summed E-state index contributed by atoms with van der Waals surface area (Å²) >= 11 is 15.0. The number of hydrogen-bond acceptors (Lipinski definition) is 3. The molecule has 0 aliphatic heterocycles. The fourth-order valence-corrected chi connectivity index (χ4v) is 4.55. The molecule has 0 saturated carbocycles. The van der Waals surface area contributed by atoms with E-state index in [0.717, 1.165) is 0 Å². The molecule has 106 valence electrons. The standard InChI is InChI=1S/C12H8BrCl2NO3S/c13-7-5-8(14)12(9(15)6-7)20(18,19)16-10-3-1-2-4-11(10)17/h1-6,16-17H. The molecule has 0 heterocycles. The lowest BCUT2D eigenvalue weighted by Crippen LogP contribution is -2.14. The third-order valence-corrected chi connectivity index (χ3v) is 5.12. The summed E-state index contributed by atoms with van der Waals surface area (Å²) in [6.07, 6.45) is 0. The number of nitrogens with one attached hydrogen (secondary N) is 1. The lowest BCUT2D eigenvalue weighted by molar-refractivity contribution is 0.477. The molecule has 0 aliphatic rings. The van der Waals surface area contributed by atoms with Gasteiger partial charge in [-0.2, -0.15) is 0 Å². The molecule has 8 heteroatoms. The Kier molecular flexibility index (Phi) is 4.49. The van der Waals surface area contributed by atoms with Crippen LogP contribution in [0.2, 0.25) is 10.0 Å². The summed E-state index contributed by atoms with van der Waals surface area (Å²) in [4.78, 5) is -0.243. The summed E-state index contributed by atoms with van der Waals surface area (Å²) in [5.41, 5.74) is 0.0440. The van der Waals surface area contributed by atoms with Gasteiger partial charge in [0.1, 0.15) is 10.6 Å². The van der Waals surface area contributed by atoms with Gasteiger partial charge in [-0.3, -0.25) is 4.72 Å². The summed E-state index contributed by atoms with van der Waals surface area (Å²) in [5.74, 6) is -0.194. The minimum atomic E-state index is -4.01. The van der Waals surface area contributed by atoms with Crippen molar-refractivity contribution in [3.63, 3.8) is 0 Å². The van der Waals surface area contributed by atoms with E-state index in [-0.39, 0.29) is 26.4 Å². The third-order valence-electron chi connectivity index (χ3n) is 2.38. The van der Waals surface area contributed by atoms with Crippen molar-refractivity contribution in [3.8, 4) is 5.75 Å². The fourth-order valence-electron chi connectivity index (χ4n) is 1.54. The van der Waals surface area contributed by atoms with Crippen LogP contribution in [-0.2, 0) is 10.0 Å². The Morgan fingerprint density at radius 1 is 1.10 bits per heavy atom. The molecule has 2 N–H and O–H groups in total. The van der Waals surface area contributed by atoms with Crippen molar-refractivity contribution in [2.24, 2.45) is 0 Å². The van der Waals surface area contributed by atoms with E-state index in [4.69, 9.17) is 23.2 Å². The SMILES string of the molecule is O=S(=O)(Nc1ccccc1O)c1c(Cl)cc(Br)cc1Cl. The Morgan fingerprint density at radius 2 is 1.65 bits per heavy atom. The van der Waals surface area contributed by atoms with Gasteiger partial charge in [0.25, 0.3) is 10.0 Å². The fraction of sp³-hybridized carbons (Fsp3) is 0. The zero-order chi connectivity index (χ0) is 14.9. The van der Waals surface area contributed by atoms with Crippen molar-refractivity contribution in [2.75, 3.05) is 4.72 Å². The minimum Gasteiger partial charge on any atom is -0.506 e. The maximum atomic E-state index is 12.3. The van der Waals surface area contributed by atoms with Crippen LogP contribution in [0.15, 0.2) is 45.8 Å². The predicted molar refractivity (Wildman–Crippen MR) is 83.1 cm³/mol. The molecule has 0 amide bonds. The lowest BCUT2D eigenvalue weighted by Gasteiger charge is -2.12. The van der Waals surface area contributed by atoms with Gasteiger partial charge in [-0.05, 0) is 24.3 Å². The molecule has 2 aromatic carbocycles. The van der Waals surface area contributed by atoms with Crippen LogP contribution in [0.25, 0.3) is 0 Å². The lowest BCUT2D eigenvalue weighted by atomic mass is 10.3. The van der Waals surface area contributed by atoms with E-state index in [1.165, 1.54) is 24.3 Å². The number of aromatic hydroxyl groups is 1. The molecule has 0 unspecified atom stereocenters. The summed E-state index contributed by atoms with van der Waals surface area (Å²) in [5, 5.41) is 9.56. The van der Waals surface area contributed by atoms with Crippen molar-refractivity contribution in [3.05, 3.63) is 50.9 Å². The monoisotopic (exact) mass is 395 g/mol. The first-order valence-corrected chi connectivity index (χ1v) is 8.30. The number of hydrogen-bond donors (Lipinski definition) is 2. The second-order valence-corrected chi connectivity index (χ2v) is 7.17. The first kappa shape index (κ1) is 15.4. The zero-order valence-corrected chi connectivity index (χ0v) is 13.7. The molecule has 0 bridgehead atoms. The first-order valence-electron chi connectivity index (χ1n) is 5.26. The topological polar surface area (TPSA) is 66.4 Å². The molecule has 0 aliphatic carbocycles. The molecule has 0 fully saturated rings. The van der Waals surface area contributed by atoms with Crippen molar-refractivity contribution in [2.45, 2.75) is 4.90 Å². The average Bonchev–Trinajstić information content (AvgIpc) is 2.30. The van der Waals surface area contributed by atoms with Crippen molar-refractivity contribution >= 4 is 54.8 Å². The van der Waals surface area contributed by atoms with Crippen LogP contribution < -0.4 is 4.72 Å². The van der Waals surface area contributed by atoms with Crippen LogP contribution >= 0.6 is 39.1 Å². The van der Waals surface area contributed by atoms with E-state index < -0.39 is 10.0 Å². The summed E-state index contributed by atoms with van der Waals surface area (Å²) in [6, 6.07) is 8.80. The van der Waals surface area contributed by atoms with Crippen molar-refractivity contribution < 1.29 is 13.5 Å². The largest absolute Gasteiger partial charge is 0.506 e. The summed E-state index contributed by atoms with van der Waals surface area (Å²) < 4.78 is 27.4. The molecule has 0 aromatic heterocycles. The molecule has 2 rings (SSSR count). The Morgan fingerprint density at radius 3 is 2.20 bits per heavy atom. The number of phenolic OH excluding ortho intramolecular Hbond substituents is 1.